The topological polar surface area (TPSA) is 76.1 Å². The first-order valence-electron chi connectivity index (χ1n) is 7.13. The zero-order valence-corrected chi connectivity index (χ0v) is 13.5. The fourth-order valence-electron chi connectivity index (χ4n) is 1.52. The molecule has 0 saturated heterocycles. The number of hydrogen-bond donors (Lipinski definition) is 2. The minimum atomic E-state index is 0.0193. The van der Waals surface area contributed by atoms with Crippen LogP contribution in [0, 0.1) is 5.92 Å². The first kappa shape index (κ1) is 17.7. The fraction of sp³-hybridized carbons (Fsp3) is 0.643. The van der Waals surface area contributed by atoms with Crippen molar-refractivity contribution in [3.05, 3.63) is 17.0 Å². The number of ether oxygens (including phenoxy) is 1. The average molecular weight is 315 g/mol. The number of nitrogens with one attached hydrogen (secondary N) is 2. The summed E-state index contributed by atoms with van der Waals surface area (Å²) in [6.07, 6.45) is 0.384. The van der Waals surface area contributed by atoms with E-state index in [1.807, 2.05) is 6.92 Å². The molecule has 21 heavy (non-hydrogen) atoms. The second-order valence-electron chi connectivity index (χ2n) is 5.00. The molecular weight excluding hydrogens is 292 g/mol. The molecule has 0 atom stereocenters. The molecular formula is C14H23ClN4O2. The number of carbonyl (C=O) groups excluding carboxylic acids is 1. The summed E-state index contributed by atoms with van der Waals surface area (Å²) in [5.74, 6) is 1.59. The number of aromatic nitrogens is 2. The summed E-state index contributed by atoms with van der Waals surface area (Å²) in [4.78, 5) is 19.9. The molecule has 6 nitrogen and oxygen atoms in total. The van der Waals surface area contributed by atoms with Gasteiger partial charge >= 0.3 is 0 Å². The van der Waals surface area contributed by atoms with Crippen LogP contribution in [0.25, 0.3) is 0 Å². The molecule has 0 saturated carbocycles. The van der Waals surface area contributed by atoms with Crippen molar-refractivity contribution < 1.29 is 9.53 Å². The van der Waals surface area contributed by atoms with Crippen molar-refractivity contribution in [3.8, 4) is 0 Å². The molecule has 118 valence electrons. The summed E-state index contributed by atoms with van der Waals surface area (Å²) in [7, 11) is 0. The number of anilines is 1. The summed E-state index contributed by atoms with van der Waals surface area (Å²) >= 11 is 5.93. The summed E-state index contributed by atoms with van der Waals surface area (Å²) in [6.45, 7) is 8.11. The first-order chi connectivity index (χ1) is 10.0. The minimum Gasteiger partial charge on any atom is -0.374 e. The number of halogens is 1. The number of carbonyl (C=O) groups is 1. The molecule has 0 aromatic carbocycles. The molecule has 7 heteroatoms. The molecule has 2 N–H and O–H groups in total. The lowest BCUT2D eigenvalue weighted by molar-refractivity contribution is -0.120. The number of rotatable bonds is 9. The van der Waals surface area contributed by atoms with Crippen molar-refractivity contribution in [1.29, 1.82) is 0 Å². The third kappa shape index (κ3) is 7.82. The Bertz CT molecular complexity index is 455. The maximum Gasteiger partial charge on any atom is 0.221 e. The molecule has 0 spiro atoms. The number of hydrogen-bond acceptors (Lipinski definition) is 5. The van der Waals surface area contributed by atoms with Gasteiger partial charge in [-0.2, -0.15) is 0 Å². The maximum atomic E-state index is 11.6. The van der Waals surface area contributed by atoms with Gasteiger partial charge in [0.2, 0.25) is 5.91 Å². The van der Waals surface area contributed by atoms with Crippen molar-refractivity contribution >= 4 is 23.3 Å². The Morgan fingerprint density at radius 2 is 2.19 bits per heavy atom. The van der Waals surface area contributed by atoms with Crippen LogP contribution in [-0.2, 0) is 16.1 Å². The molecule has 1 heterocycles. The molecule has 0 aliphatic carbocycles. The monoisotopic (exact) mass is 314 g/mol. The highest BCUT2D eigenvalue weighted by atomic mass is 35.5. The van der Waals surface area contributed by atoms with Crippen LogP contribution in [0.5, 0.6) is 0 Å². The lowest BCUT2D eigenvalue weighted by Gasteiger charge is -2.09. The van der Waals surface area contributed by atoms with Gasteiger partial charge in [0.05, 0.1) is 0 Å². The third-order valence-corrected chi connectivity index (χ3v) is 2.74. The molecule has 1 aromatic rings. The quantitative estimate of drug-likeness (QED) is 0.684. The first-order valence-corrected chi connectivity index (χ1v) is 7.50. The van der Waals surface area contributed by atoms with Crippen LogP contribution in [-0.4, -0.2) is 35.6 Å². The van der Waals surface area contributed by atoms with Crippen LogP contribution in [0.3, 0.4) is 0 Å². The van der Waals surface area contributed by atoms with Crippen LogP contribution < -0.4 is 10.6 Å². The van der Waals surface area contributed by atoms with Crippen LogP contribution in [0.2, 0.25) is 5.15 Å². The van der Waals surface area contributed by atoms with Gasteiger partial charge in [0.1, 0.15) is 17.6 Å². The Hall–Kier alpha value is -1.40. The van der Waals surface area contributed by atoms with Gasteiger partial charge in [-0.25, -0.2) is 9.97 Å². The number of nitrogens with zero attached hydrogens (tertiary/aromatic N) is 2. The van der Waals surface area contributed by atoms with Gasteiger partial charge in [-0.1, -0.05) is 25.4 Å². The van der Waals surface area contributed by atoms with E-state index in [1.54, 1.807) is 6.07 Å². The minimum absolute atomic E-state index is 0.0193. The Morgan fingerprint density at radius 1 is 1.43 bits per heavy atom. The highest BCUT2D eigenvalue weighted by molar-refractivity contribution is 6.29. The second kappa shape index (κ2) is 9.52. The largest absolute Gasteiger partial charge is 0.374 e. The molecule has 0 aliphatic heterocycles. The molecule has 0 bridgehead atoms. The summed E-state index contributed by atoms with van der Waals surface area (Å²) < 4.78 is 5.25. The van der Waals surface area contributed by atoms with Crippen molar-refractivity contribution in [2.45, 2.75) is 33.8 Å². The fourth-order valence-corrected chi connectivity index (χ4v) is 1.72. The summed E-state index contributed by atoms with van der Waals surface area (Å²) in [5, 5.41) is 6.28. The standard InChI is InChI=1S/C14H23ClN4O2/c1-4-21-9-13-18-11(15)7-12(19-13)16-6-5-14(20)17-8-10(2)3/h7,10H,4-6,8-9H2,1-3H3,(H,17,20)(H,16,18,19). The second-order valence-corrected chi connectivity index (χ2v) is 5.39. The predicted octanol–water partition coefficient (Wildman–Crippen LogP) is 2.24. The molecule has 0 radical (unpaired) electrons. The normalized spacial score (nSPS) is 10.7. The van der Waals surface area contributed by atoms with Crippen LogP contribution >= 0.6 is 11.6 Å². The smallest absolute Gasteiger partial charge is 0.221 e. The van der Waals surface area contributed by atoms with Crippen molar-refractivity contribution in [2.24, 2.45) is 5.92 Å². The Balaban J connectivity index is 2.40. The third-order valence-electron chi connectivity index (χ3n) is 2.54. The zero-order chi connectivity index (χ0) is 15.7. The van der Waals surface area contributed by atoms with E-state index in [2.05, 4.69) is 34.4 Å². The summed E-state index contributed by atoms with van der Waals surface area (Å²) in [6, 6.07) is 1.63. The van der Waals surface area contributed by atoms with Gasteiger partial charge in [0.25, 0.3) is 0 Å². The highest BCUT2D eigenvalue weighted by Crippen LogP contribution is 2.12. The molecule has 0 fully saturated rings. The maximum absolute atomic E-state index is 11.6. The van der Waals surface area contributed by atoms with Gasteiger partial charge < -0.3 is 15.4 Å². The predicted molar refractivity (Wildman–Crippen MR) is 83.3 cm³/mol. The zero-order valence-electron chi connectivity index (χ0n) is 12.8. The van der Waals surface area contributed by atoms with E-state index >= 15 is 0 Å². The van der Waals surface area contributed by atoms with Crippen molar-refractivity contribution in [1.82, 2.24) is 15.3 Å². The molecule has 1 rings (SSSR count). The van der Waals surface area contributed by atoms with E-state index in [4.69, 9.17) is 16.3 Å². The summed E-state index contributed by atoms with van der Waals surface area (Å²) in [5.41, 5.74) is 0. The Labute approximate surface area is 130 Å². The van der Waals surface area contributed by atoms with E-state index in [0.717, 1.165) is 0 Å². The Kier molecular flexibility index (Phi) is 8.00. The van der Waals surface area contributed by atoms with Gasteiger partial charge in [-0.3, -0.25) is 4.79 Å². The highest BCUT2D eigenvalue weighted by Gasteiger charge is 2.05. The SMILES string of the molecule is CCOCc1nc(Cl)cc(NCCC(=O)NCC(C)C)n1. The number of amides is 1. The van der Waals surface area contributed by atoms with Gasteiger partial charge in [0.15, 0.2) is 5.82 Å². The lowest BCUT2D eigenvalue weighted by atomic mass is 10.2. The van der Waals surface area contributed by atoms with Crippen molar-refractivity contribution in [2.75, 3.05) is 25.0 Å². The van der Waals surface area contributed by atoms with Crippen LogP contribution in [0.4, 0.5) is 5.82 Å². The van der Waals surface area contributed by atoms with E-state index in [9.17, 15) is 4.79 Å². The molecule has 0 unspecified atom stereocenters. The van der Waals surface area contributed by atoms with E-state index in [1.165, 1.54) is 0 Å². The molecule has 0 aliphatic rings. The van der Waals surface area contributed by atoms with Gasteiger partial charge in [0, 0.05) is 32.2 Å². The van der Waals surface area contributed by atoms with Gasteiger partial charge in [-0.05, 0) is 12.8 Å². The van der Waals surface area contributed by atoms with Gasteiger partial charge in [-0.15, -0.1) is 0 Å². The van der Waals surface area contributed by atoms with Crippen LogP contribution in [0.1, 0.15) is 33.0 Å². The Morgan fingerprint density at radius 3 is 2.86 bits per heavy atom. The van der Waals surface area contributed by atoms with E-state index < -0.39 is 0 Å². The van der Waals surface area contributed by atoms with Crippen molar-refractivity contribution in [3.63, 3.8) is 0 Å². The van der Waals surface area contributed by atoms with Crippen LogP contribution in [0.15, 0.2) is 6.07 Å². The lowest BCUT2D eigenvalue weighted by Crippen LogP contribution is -2.28. The van der Waals surface area contributed by atoms with E-state index in [0.29, 0.717) is 55.4 Å². The van der Waals surface area contributed by atoms with E-state index in [-0.39, 0.29) is 5.91 Å². The average Bonchev–Trinajstić information content (AvgIpc) is 2.42. The molecule has 1 amide bonds. The molecule has 1 aromatic heterocycles.